The summed E-state index contributed by atoms with van der Waals surface area (Å²) in [6.45, 7) is 5.96. The molecule has 1 unspecified atom stereocenters. The minimum Gasteiger partial charge on any atom is -0.347 e. The molecule has 15 heavy (non-hydrogen) atoms. The topological polar surface area (TPSA) is 94.0 Å². The van der Waals surface area contributed by atoms with E-state index in [9.17, 15) is 4.79 Å². The summed E-state index contributed by atoms with van der Waals surface area (Å²) in [5, 5.41) is 6.21. The highest BCUT2D eigenvalue weighted by Gasteiger charge is 2.27. The minimum absolute atomic E-state index is 0.215. The number of nitrogens with zero attached hydrogens (tertiary/aromatic N) is 2. The van der Waals surface area contributed by atoms with Gasteiger partial charge < -0.3 is 15.6 Å². The van der Waals surface area contributed by atoms with Gasteiger partial charge in [-0.3, -0.25) is 4.79 Å². The number of amides is 1. The van der Waals surface area contributed by atoms with Crippen molar-refractivity contribution in [2.24, 2.45) is 11.1 Å². The molecule has 1 amide bonds. The summed E-state index contributed by atoms with van der Waals surface area (Å²) in [5.74, 6) is 0.219. The molecule has 0 saturated heterocycles. The molecule has 6 nitrogen and oxygen atoms in total. The highest BCUT2D eigenvalue weighted by molar-refractivity contribution is 5.82. The number of nitrogens with one attached hydrogen (secondary N) is 1. The SMILES string of the molecule is CC(C)(C)C(N)C(=O)NCc1ncon1. The molecule has 0 saturated carbocycles. The quantitative estimate of drug-likeness (QED) is 0.738. The molecule has 1 aromatic rings. The molecular formula is C9H16N4O2. The first-order valence-electron chi connectivity index (χ1n) is 4.70. The Morgan fingerprint density at radius 3 is 2.80 bits per heavy atom. The van der Waals surface area contributed by atoms with Crippen molar-refractivity contribution in [3.63, 3.8) is 0 Å². The number of carbonyl (C=O) groups is 1. The Bertz CT molecular complexity index is 315. The molecule has 0 aliphatic rings. The fourth-order valence-corrected chi connectivity index (χ4v) is 0.940. The molecular weight excluding hydrogens is 196 g/mol. The molecule has 1 aromatic heterocycles. The van der Waals surface area contributed by atoms with Crippen LogP contribution in [0.2, 0.25) is 0 Å². The van der Waals surface area contributed by atoms with Crippen LogP contribution in [-0.4, -0.2) is 22.1 Å². The number of hydrogen-bond acceptors (Lipinski definition) is 5. The predicted molar refractivity (Wildman–Crippen MR) is 53.6 cm³/mol. The van der Waals surface area contributed by atoms with Gasteiger partial charge in [-0.2, -0.15) is 4.98 Å². The van der Waals surface area contributed by atoms with Gasteiger partial charge in [-0.05, 0) is 5.41 Å². The summed E-state index contributed by atoms with van der Waals surface area (Å²) >= 11 is 0. The lowest BCUT2D eigenvalue weighted by molar-refractivity contribution is -0.124. The van der Waals surface area contributed by atoms with E-state index < -0.39 is 6.04 Å². The van der Waals surface area contributed by atoms with Crippen LogP contribution in [0.15, 0.2) is 10.9 Å². The summed E-state index contributed by atoms with van der Waals surface area (Å²) in [5.41, 5.74) is 5.49. The Morgan fingerprint density at radius 1 is 1.67 bits per heavy atom. The number of hydrogen-bond donors (Lipinski definition) is 2. The van der Waals surface area contributed by atoms with E-state index in [0.29, 0.717) is 5.82 Å². The van der Waals surface area contributed by atoms with Crippen LogP contribution in [0.1, 0.15) is 26.6 Å². The molecule has 3 N–H and O–H groups in total. The summed E-state index contributed by atoms with van der Waals surface area (Å²) in [4.78, 5) is 15.3. The number of carbonyl (C=O) groups excluding carboxylic acids is 1. The van der Waals surface area contributed by atoms with E-state index in [2.05, 4.69) is 20.0 Å². The lowest BCUT2D eigenvalue weighted by Crippen LogP contribution is -2.48. The van der Waals surface area contributed by atoms with E-state index >= 15 is 0 Å². The van der Waals surface area contributed by atoms with Gasteiger partial charge in [0.15, 0.2) is 5.82 Å². The molecule has 0 radical (unpaired) electrons. The average molecular weight is 212 g/mol. The summed E-state index contributed by atoms with van der Waals surface area (Å²) < 4.78 is 4.53. The Labute approximate surface area is 88.2 Å². The molecule has 0 spiro atoms. The van der Waals surface area contributed by atoms with E-state index in [1.54, 1.807) is 0 Å². The maximum Gasteiger partial charge on any atom is 0.237 e. The minimum atomic E-state index is -0.551. The molecule has 0 bridgehead atoms. The van der Waals surface area contributed by atoms with Crippen LogP contribution in [-0.2, 0) is 11.3 Å². The lowest BCUT2D eigenvalue weighted by Gasteiger charge is -2.25. The number of rotatable bonds is 3. The van der Waals surface area contributed by atoms with E-state index in [1.165, 1.54) is 6.39 Å². The summed E-state index contributed by atoms with van der Waals surface area (Å²) in [6, 6.07) is -0.551. The zero-order valence-corrected chi connectivity index (χ0v) is 9.15. The molecule has 0 aliphatic carbocycles. The molecule has 0 fully saturated rings. The van der Waals surface area contributed by atoms with E-state index in [0.717, 1.165) is 0 Å². The number of nitrogens with two attached hydrogens (primary N) is 1. The molecule has 0 aliphatic heterocycles. The normalized spacial score (nSPS) is 13.6. The van der Waals surface area contributed by atoms with Gasteiger partial charge in [-0.1, -0.05) is 25.9 Å². The van der Waals surface area contributed by atoms with E-state index in [4.69, 9.17) is 5.73 Å². The second-order valence-electron chi connectivity index (χ2n) is 4.41. The van der Waals surface area contributed by atoms with Crippen molar-refractivity contribution in [1.82, 2.24) is 15.5 Å². The van der Waals surface area contributed by atoms with Gasteiger partial charge in [0.05, 0.1) is 12.6 Å². The van der Waals surface area contributed by atoms with E-state index in [-0.39, 0.29) is 17.9 Å². The Morgan fingerprint density at radius 2 is 2.33 bits per heavy atom. The van der Waals surface area contributed by atoms with Crippen molar-refractivity contribution in [2.45, 2.75) is 33.4 Å². The van der Waals surface area contributed by atoms with Crippen molar-refractivity contribution in [1.29, 1.82) is 0 Å². The van der Waals surface area contributed by atoms with Crippen molar-refractivity contribution < 1.29 is 9.32 Å². The van der Waals surface area contributed by atoms with Gasteiger partial charge in [0.25, 0.3) is 0 Å². The van der Waals surface area contributed by atoms with Crippen LogP contribution < -0.4 is 11.1 Å². The maximum atomic E-state index is 11.6. The fourth-order valence-electron chi connectivity index (χ4n) is 0.940. The first-order chi connectivity index (χ1) is 6.91. The highest BCUT2D eigenvalue weighted by atomic mass is 16.5. The van der Waals surface area contributed by atoms with Gasteiger partial charge in [0.1, 0.15) is 0 Å². The van der Waals surface area contributed by atoms with Crippen LogP contribution >= 0.6 is 0 Å². The third-order valence-corrected chi connectivity index (χ3v) is 2.04. The molecule has 6 heteroatoms. The average Bonchev–Trinajstić information content (AvgIpc) is 2.63. The predicted octanol–water partition coefficient (Wildman–Crippen LogP) is 0.0592. The molecule has 1 atom stereocenters. The van der Waals surface area contributed by atoms with Crippen LogP contribution in [0.4, 0.5) is 0 Å². The Balaban J connectivity index is 2.43. The van der Waals surface area contributed by atoms with Gasteiger partial charge >= 0.3 is 0 Å². The van der Waals surface area contributed by atoms with Crippen LogP contribution in [0.5, 0.6) is 0 Å². The Kier molecular flexibility index (Phi) is 3.41. The molecule has 1 rings (SSSR count). The zero-order chi connectivity index (χ0) is 11.5. The molecule has 1 heterocycles. The van der Waals surface area contributed by atoms with Crippen molar-refractivity contribution in [3.8, 4) is 0 Å². The maximum absolute atomic E-state index is 11.6. The first kappa shape index (κ1) is 11.6. The van der Waals surface area contributed by atoms with Crippen molar-refractivity contribution >= 4 is 5.91 Å². The zero-order valence-electron chi connectivity index (χ0n) is 9.15. The largest absolute Gasteiger partial charge is 0.347 e. The Hall–Kier alpha value is -1.43. The molecule has 84 valence electrons. The van der Waals surface area contributed by atoms with Crippen molar-refractivity contribution in [2.75, 3.05) is 0 Å². The second-order valence-corrected chi connectivity index (χ2v) is 4.41. The van der Waals surface area contributed by atoms with Gasteiger partial charge in [0, 0.05) is 0 Å². The van der Waals surface area contributed by atoms with Crippen LogP contribution in [0, 0.1) is 5.41 Å². The third kappa shape index (κ3) is 3.32. The van der Waals surface area contributed by atoms with Gasteiger partial charge in [-0.25, -0.2) is 0 Å². The van der Waals surface area contributed by atoms with E-state index in [1.807, 2.05) is 20.8 Å². The number of aromatic nitrogens is 2. The van der Waals surface area contributed by atoms with Crippen LogP contribution in [0.3, 0.4) is 0 Å². The smallest absolute Gasteiger partial charge is 0.237 e. The van der Waals surface area contributed by atoms with Gasteiger partial charge in [-0.15, -0.1) is 0 Å². The summed E-state index contributed by atoms with van der Waals surface area (Å²) in [6.07, 6.45) is 1.21. The van der Waals surface area contributed by atoms with Crippen LogP contribution in [0.25, 0.3) is 0 Å². The highest BCUT2D eigenvalue weighted by Crippen LogP contribution is 2.17. The summed E-state index contributed by atoms with van der Waals surface area (Å²) in [7, 11) is 0. The van der Waals surface area contributed by atoms with Gasteiger partial charge in [0.2, 0.25) is 12.3 Å². The third-order valence-electron chi connectivity index (χ3n) is 2.04. The second kappa shape index (κ2) is 4.39. The molecule has 0 aromatic carbocycles. The standard InChI is InChI=1S/C9H16N4O2/c1-9(2,3)7(10)8(14)11-4-6-12-5-15-13-6/h5,7H,4,10H2,1-3H3,(H,11,14). The van der Waals surface area contributed by atoms with Crippen molar-refractivity contribution in [3.05, 3.63) is 12.2 Å². The monoisotopic (exact) mass is 212 g/mol. The fraction of sp³-hybridized carbons (Fsp3) is 0.667. The first-order valence-corrected chi connectivity index (χ1v) is 4.70. The lowest BCUT2D eigenvalue weighted by atomic mass is 9.87.